The van der Waals surface area contributed by atoms with Crippen molar-refractivity contribution in [1.29, 1.82) is 0 Å². The number of carboxylic acids is 3. The van der Waals surface area contributed by atoms with Gasteiger partial charge in [-0.25, -0.2) is 19.0 Å². The van der Waals surface area contributed by atoms with Gasteiger partial charge in [0.05, 0.1) is 43.5 Å². The Morgan fingerprint density at radius 3 is 2.46 bits per heavy atom. The van der Waals surface area contributed by atoms with E-state index in [1.165, 1.54) is 27.9 Å². The number of amides is 3. The topological polar surface area (TPSA) is 313 Å². The van der Waals surface area contributed by atoms with Crippen LogP contribution in [0.3, 0.4) is 0 Å². The van der Waals surface area contributed by atoms with Crippen molar-refractivity contribution in [2.75, 3.05) is 44.2 Å². The molecule has 0 spiro atoms. The first-order chi connectivity index (χ1) is 28.0. The van der Waals surface area contributed by atoms with E-state index in [1.54, 1.807) is 6.92 Å². The second kappa shape index (κ2) is 16.9. The van der Waals surface area contributed by atoms with E-state index >= 15 is 0 Å². The summed E-state index contributed by atoms with van der Waals surface area (Å²) in [5.74, 6) is -10.0. The van der Waals surface area contributed by atoms with Gasteiger partial charge in [0.2, 0.25) is 11.5 Å². The number of phenolic OH excluding ortho intramolecular Hbond substituents is 2. The van der Waals surface area contributed by atoms with Gasteiger partial charge in [-0.3, -0.25) is 28.9 Å². The Balaban J connectivity index is 1.17. The number of nitrogens with one attached hydrogen (secondary N) is 2. The summed E-state index contributed by atoms with van der Waals surface area (Å²) in [5, 5.41) is 57.9. The minimum atomic E-state index is -1.97. The number of oxime groups is 1. The highest BCUT2D eigenvalue weighted by atomic mass is 32.2. The Hall–Kier alpha value is -6.27. The summed E-state index contributed by atoms with van der Waals surface area (Å²) in [6.07, 6.45) is -0.148. The van der Waals surface area contributed by atoms with Gasteiger partial charge in [-0.1, -0.05) is 5.16 Å². The SMILES string of the molecule is CCn1cc(C(=O)NCC[N+]2(CC3=C(C(=O)O)N4C(=O)[C@@H](NC(=O)/C(=N\O[C@@H](CC(=O)O)C(=O)O)c5csc(N)n5)[C@H]4SC3)CCCC2)c(=O)c2cc(F)c(O)c(O)c21. The molecular formula is C35H38FN8O13S2+. The van der Waals surface area contributed by atoms with Crippen molar-refractivity contribution < 1.29 is 68.0 Å². The van der Waals surface area contributed by atoms with Gasteiger partial charge >= 0.3 is 17.9 Å². The average Bonchev–Trinajstić information content (AvgIpc) is 3.84. The minimum Gasteiger partial charge on any atom is -0.503 e. The second-order valence-corrected chi connectivity index (χ2v) is 15.9. The number of hydrogen-bond donors (Lipinski definition) is 8. The maximum Gasteiger partial charge on any atom is 0.352 e. The number of nitrogens with zero attached hydrogens (tertiary/aromatic N) is 5. The Morgan fingerprint density at radius 2 is 1.85 bits per heavy atom. The van der Waals surface area contributed by atoms with E-state index in [-0.39, 0.29) is 58.4 Å². The Kier molecular flexibility index (Phi) is 12.1. The van der Waals surface area contributed by atoms with Gasteiger partial charge in [0, 0.05) is 42.3 Å². The summed E-state index contributed by atoms with van der Waals surface area (Å²) in [6.45, 7) is 3.66. The third-order valence-corrected chi connectivity index (χ3v) is 12.2. The molecule has 59 heavy (non-hydrogen) atoms. The zero-order chi connectivity index (χ0) is 42.9. The molecule has 24 heteroatoms. The normalized spacial score (nSPS) is 19.2. The van der Waals surface area contributed by atoms with Crippen LogP contribution in [0.15, 0.2) is 38.9 Å². The number of anilines is 1. The number of nitrogens with two attached hydrogens (primary N) is 1. The van der Waals surface area contributed by atoms with Crippen molar-refractivity contribution in [1.82, 2.24) is 25.1 Å². The molecule has 2 fully saturated rings. The van der Waals surface area contributed by atoms with Crippen LogP contribution in [0, 0.1) is 5.82 Å². The van der Waals surface area contributed by atoms with Crippen molar-refractivity contribution in [3.8, 4) is 11.5 Å². The Bertz CT molecular complexity index is 2390. The van der Waals surface area contributed by atoms with Gasteiger partial charge in [-0.2, -0.15) is 0 Å². The number of nitrogen functional groups attached to an aromatic ring is 1. The number of benzene rings is 1. The highest BCUT2D eigenvalue weighted by Crippen LogP contribution is 2.41. The number of halogens is 1. The molecular weight excluding hydrogens is 824 g/mol. The molecule has 3 amide bonds. The maximum atomic E-state index is 14.3. The number of carboxylic acid groups (broad SMARTS) is 3. The fourth-order valence-electron chi connectivity index (χ4n) is 7.35. The van der Waals surface area contributed by atoms with Crippen LogP contribution in [0.4, 0.5) is 9.52 Å². The highest BCUT2D eigenvalue weighted by Gasteiger charge is 2.55. The molecule has 0 radical (unpaired) electrons. The number of pyridine rings is 1. The van der Waals surface area contributed by atoms with Crippen molar-refractivity contribution in [2.24, 2.45) is 5.16 Å². The fraction of sp³-hybridized carbons (Fsp3) is 0.400. The van der Waals surface area contributed by atoms with Gasteiger partial charge in [-0.05, 0) is 13.0 Å². The maximum absolute atomic E-state index is 14.3. The number of β-lactam (4-membered cyclic amide) rings is 1. The standard InChI is InChI=1S/C35H37FN8O13S2/c1-2-42-11-17(26(47)16-9-18(36)27(48)28(49)25(16)42)29(50)38-5-8-44(6-3-4-7-44)12-15-13-58-32-23(31(52)43(32)24(15)34(55)56)40-30(51)22(19-14-59-35(37)39-19)41-57-20(33(53)54)10-21(45)46/h9,11,14,20,23,32H,2-8,10,12-13H2,1H3,(H8-,37,38,39,40,41,45,46,47,48,49,50,51,53,54,55,56)/p+1/t20-,23+,32+/m0/s1. The minimum absolute atomic E-state index is 0.00703. The van der Waals surface area contributed by atoms with E-state index in [0.29, 0.717) is 29.7 Å². The number of phenols is 2. The number of rotatable bonds is 16. The molecule has 3 aromatic rings. The molecule has 2 aromatic heterocycles. The predicted molar refractivity (Wildman–Crippen MR) is 206 cm³/mol. The molecule has 0 unspecified atom stereocenters. The van der Waals surface area contributed by atoms with E-state index < -0.39 is 88.0 Å². The van der Waals surface area contributed by atoms with Gasteiger partial charge in [0.1, 0.15) is 34.9 Å². The van der Waals surface area contributed by atoms with Crippen molar-refractivity contribution in [3.05, 3.63) is 56.2 Å². The smallest absolute Gasteiger partial charge is 0.352 e. The summed E-state index contributed by atoms with van der Waals surface area (Å²) in [6, 6.07) is -0.493. The van der Waals surface area contributed by atoms with Crippen molar-refractivity contribution in [2.45, 2.75) is 50.3 Å². The second-order valence-electron chi connectivity index (χ2n) is 13.9. The summed E-state index contributed by atoms with van der Waals surface area (Å²) in [5.41, 5.74) is 3.83. The number of carbonyl (C=O) groups excluding carboxylic acids is 3. The molecule has 1 aromatic carbocycles. The van der Waals surface area contributed by atoms with E-state index in [0.717, 1.165) is 35.1 Å². The summed E-state index contributed by atoms with van der Waals surface area (Å²) < 4.78 is 16.0. The largest absolute Gasteiger partial charge is 0.503 e. The number of thioether (sulfide) groups is 1. The van der Waals surface area contributed by atoms with Gasteiger partial charge in [-0.15, -0.1) is 23.1 Å². The molecule has 5 heterocycles. The number of thiazole rings is 1. The van der Waals surface area contributed by atoms with Gasteiger partial charge in [0.25, 0.3) is 17.7 Å². The molecule has 6 rings (SSSR count). The number of aryl methyl sites for hydroxylation is 1. The summed E-state index contributed by atoms with van der Waals surface area (Å²) >= 11 is 2.11. The van der Waals surface area contributed by atoms with Gasteiger partial charge in [0.15, 0.2) is 28.2 Å². The first-order valence-corrected chi connectivity index (χ1v) is 19.9. The van der Waals surface area contributed by atoms with Crippen LogP contribution in [-0.4, -0.2) is 142 Å². The first-order valence-electron chi connectivity index (χ1n) is 18.0. The number of fused-ring (bicyclic) bond motifs is 2. The summed E-state index contributed by atoms with van der Waals surface area (Å²) in [4.78, 5) is 98.9. The van der Waals surface area contributed by atoms with Crippen LogP contribution in [-0.2, 0) is 35.4 Å². The van der Waals surface area contributed by atoms with Crippen LogP contribution >= 0.6 is 23.1 Å². The molecule has 3 aliphatic heterocycles. The molecule has 0 aliphatic carbocycles. The van der Waals surface area contributed by atoms with E-state index in [9.17, 15) is 58.4 Å². The number of aromatic hydroxyl groups is 2. The van der Waals surface area contributed by atoms with Crippen LogP contribution < -0.4 is 21.8 Å². The summed E-state index contributed by atoms with van der Waals surface area (Å²) in [7, 11) is 0. The lowest BCUT2D eigenvalue weighted by molar-refractivity contribution is -0.911. The van der Waals surface area contributed by atoms with E-state index in [2.05, 4.69) is 20.8 Å². The molecule has 9 N–H and O–H groups in total. The third kappa shape index (κ3) is 8.36. The van der Waals surface area contributed by atoms with Gasteiger partial charge < -0.3 is 55.8 Å². The number of aliphatic carboxylic acids is 3. The highest BCUT2D eigenvalue weighted by molar-refractivity contribution is 8.00. The van der Waals surface area contributed by atoms with Crippen LogP contribution in [0.5, 0.6) is 11.5 Å². The predicted octanol–water partition coefficient (Wildman–Crippen LogP) is 0.0382. The zero-order valence-electron chi connectivity index (χ0n) is 31.0. The molecule has 2 saturated heterocycles. The quantitative estimate of drug-likeness (QED) is 0.0310. The van der Waals surface area contributed by atoms with Crippen LogP contribution in [0.1, 0.15) is 42.2 Å². The zero-order valence-corrected chi connectivity index (χ0v) is 32.7. The van der Waals surface area contributed by atoms with E-state index in [1.807, 2.05) is 0 Å². The molecule has 0 bridgehead atoms. The molecule has 21 nitrogen and oxygen atoms in total. The Morgan fingerprint density at radius 1 is 1.14 bits per heavy atom. The molecule has 0 saturated carbocycles. The molecule has 3 atom stereocenters. The van der Waals surface area contributed by atoms with Crippen LogP contribution in [0.25, 0.3) is 10.9 Å². The lowest BCUT2D eigenvalue weighted by atomic mass is 10.0. The first kappa shape index (κ1) is 42.3. The van der Waals surface area contributed by atoms with Crippen molar-refractivity contribution >= 4 is 80.5 Å². The van der Waals surface area contributed by atoms with E-state index in [4.69, 9.17) is 15.7 Å². The Labute approximate surface area is 340 Å². The molecule has 3 aliphatic rings. The number of aromatic nitrogens is 2. The average molecular weight is 862 g/mol. The lowest BCUT2D eigenvalue weighted by Gasteiger charge is -2.50. The van der Waals surface area contributed by atoms with Crippen molar-refractivity contribution in [3.63, 3.8) is 0 Å². The number of hydrogen-bond acceptors (Lipinski definition) is 15. The monoisotopic (exact) mass is 861 g/mol. The number of carbonyl (C=O) groups is 6. The third-order valence-electron chi connectivity index (χ3n) is 10.2. The van der Waals surface area contributed by atoms with Crippen LogP contribution in [0.2, 0.25) is 0 Å². The molecule has 314 valence electrons. The fourth-order valence-corrected chi connectivity index (χ4v) is 9.23. The lowest BCUT2D eigenvalue weighted by Crippen LogP contribution is -2.71. The number of quaternary nitrogens is 1. The number of likely N-dealkylation sites (tertiary alicyclic amines) is 1.